The highest BCUT2D eigenvalue weighted by molar-refractivity contribution is 6.09. The van der Waals surface area contributed by atoms with Crippen LogP contribution in [0.5, 0.6) is 11.5 Å². The van der Waals surface area contributed by atoms with Crippen molar-refractivity contribution in [2.45, 2.75) is 6.92 Å². The Morgan fingerprint density at radius 2 is 1.16 bits per heavy atom. The lowest BCUT2D eigenvalue weighted by Crippen LogP contribution is -2.24. The van der Waals surface area contributed by atoms with Gasteiger partial charge in [0.2, 0.25) is 0 Å². The topological polar surface area (TPSA) is 64.1 Å². The first kappa shape index (κ1) is 31.7. The van der Waals surface area contributed by atoms with Gasteiger partial charge in [-0.3, -0.25) is 0 Å². The van der Waals surface area contributed by atoms with Gasteiger partial charge in [-0.05, 0) is 90.8 Å². The Morgan fingerprint density at radius 1 is 0.588 bits per heavy atom. The number of esters is 1. The molecule has 0 fully saturated rings. The fourth-order valence-electron chi connectivity index (χ4n) is 6.81. The van der Waals surface area contributed by atoms with Crippen LogP contribution in [0.3, 0.4) is 0 Å². The fraction of sp³-hybridized carbons (Fsp3) is 0.0909. The van der Waals surface area contributed by atoms with Gasteiger partial charge in [0.05, 0.1) is 66.0 Å². The van der Waals surface area contributed by atoms with Crippen molar-refractivity contribution in [1.82, 2.24) is 4.98 Å². The Balaban J connectivity index is 1.39. The normalized spacial score (nSPS) is 11.9. The Bertz CT molecular complexity index is 2320. The van der Waals surface area contributed by atoms with E-state index in [0.29, 0.717) is 23.7 Å². The van der Waals surface area contributed by atoms with Crippen LogP contribution >= 0.6 is 0 Å². The molecule has 2 heterocycles. The number of hydrogen-bond donors (Lipinski definition) is 0. The molecule has 250 valence electrons. The molecule has 7 aromatic rings. The van der Waals surface area contributed by atoms with Gasteiger partial charge in [0.25, 0.3) is 0 Å². The highest BCUT2D eigenvalue weighted by Crippen LogP contribution is 2.55. The van der Waals surface area contributed by atoms with Gasteiger partial charge in [0.1, 0.15) is 11.5 Å². The molecule has 0 N–H and O–H groups in total. The molecule has 8 rings (SSSR count). The molecule has 1 aliphatic heterocycles. The largest absolute Gasteiger partial charge is 0.497 e. The summed E-state index contributed by atoms with van der Waals surface area (Å²) in [6.07, 6.45) is 0. The van der Waals surface area contributed by atoms with Crippen molar-refractivity contribution in [3.63, 3.8) is 0 Å². The van der Waals surface area contributed by atoms with Crippen molar-refractivity contribution in [3.05, 3.63) is 151 Å². The summed E-state index contributed by atoms with van der Waals surface area (Å²) in [4.78, 5) is 22.5. The number of carbonyl (C=O) groups is 1. The summed E-state index contributed by atoms with van der Waals surface area (Å²) < 4.78 is 16.6. The summed E-state index contributed by atoms with van der Waals surface area (Å²) in [7, 11) is 3.31. The standard InChI is InChI=1S/C44H35N3O4/c1-4-51-44(48)30-23-21-29(22-24-30)37-28-36(31-25-33(49-2)27-34(26-31)50-3)35-15-12-20-42(43(35)45-37)47-40-18-10-8-16-38(40)46(32-13-6-5-7-14-32)39-17-9-11-19-41(39)47/h5-28H,4H2,1-3H3. The average Bonchev–Trinajstić information content (AvgIpc) is 3.19. The number of methoxy groups -OCH3 is 2. The molecular formula is C44H35N3O4. The van der Waals surface area contributed by atoms with Crippen molar-refractivity contribution in [2.75, 3.05) is 30.6 Å². The molecule has 7 heteroatoms. The molecule has 0 saturated carbocycles. The van der Waals surface area contributed by atoms with E-state index in [1.165, 1.54) is 0 Å². The molecule has 51 heavy (non-hydrogen) atoms. The van der Waals surface area contributed by atoms with Gasteiger partial charge in [0, 0.05) is 22.7 Å². The summed E-state index contributed by atoms with van der Waals surface area (Å²) >= 11 is 0. The number of aromatic nitrogens is 1. The first-order valence-electron chi connectivity index (χ1n) is 16.9. The van der Waals surface area contributed by atoms with Gasteiger partial charge < -0.3 is 24.0 Å². The number of carbonyl (C=O) groups excluding carboxylic acids is 1. The molecule has 6 aromatic carbocycles. The molecule has 0 spiro atoms. The second-order valence-electron chi connectivity index (χ2n) is 12.1. The summed E-state index contributed by atoms with van der Waals surface area (Å²) in [5.74, 6) is 1.02. The second kappa shape index (κ2) is 13.4. The Labute approximate surface area is 296 Å². The maximum Gasteiger partial charge on any atom is 0.338 e. The van der Waals surface area contributed by atoms with Gasteiger partial charge in [-0.15, -0.1) is 0 Å². The number of benzene rings is 6. The van der Waals surface area contributed by atoms with E-state index in [9.17, 15) is 4.79 Å². The van der Waals surface area contributed by atoms with Gasteiger partial charge >= 0.3 is 5.97 Å². The van der Waals surface area contributed by atoms with Crippen LogP contribution in [-0.2, 0) is 4.74 Å². The lowest BCUT2D eigenvalue weighted by Gasteiger charge is -2.40. The van der Waals surface area contributed by atoms with E-state index in [4.69, 9.17) is 19.2 Å². The van der Waals surface area contributed by atoms with Crippen molar-refractivity contribution in [3.8, 4) is 33.9 Å². The molecule has 0 amide bonds. The summed E-state index contributed by atoms with van der Waals surface area (Å²) in [5, 5.41) is 0.968. The molecule has 7 nitrogen and oxygen atoms in total. The quantitative estimate of drug-likeness (QED) is 0.149. The number of pyridine rings is 1. The zero-order valence-electron chi connectivity index (χ0n) is 28.5. The maximum atomic E-state index is 12.5. The number of nitrogens with zero attached hydrogens (tertiary/aromatic N) is 3. The van der Waals surface area contributed by atoms with E-state index < -0.39 is 0 Å². The van der Waals surface area contributed by atoms with E-state index in [1.54, 1.807) is 33.3 Å². The minimum Gasteiger partial charge on any atom is -0.497 e. The smallest absolute Gasteiger partial charge is 0.338 e. The molecular weight excluding hydrogens is 635 g/mol. The highest BCUT2D eigenvalue weighted by atomic mass is 16.5. The summed E-state index contributed by atoms with van der Waals surface area (Å²) in [6.45, 7) is 2.12. The van der Waals surface area contributed by atoms with Gasteiger partial charge in [-0.1, -0.05) is 66.7 Å². The van der Waals surface area contributed by atoms with Crippen LogP contribution in [0.2, 0.25) is 0 Å². The number of ether oxygens (including phenoxy) is 3. The molecule has 1 aliphatic rings. The third kappa shape index (κ3) is 5.68. The third-order valence-electron chi connectivity index (χ3n) is 9.15. The molecule has 0 atom stereocenters. The first-order valence-corrected chi connectivity index (χ1v) is 16.9. The lowest BCUT2D eigenvalue weighted by atomic mass is 9.96. The first-order chi connectivity index (χ1) is 25.1. The van der Waals surface area contributed by atoms with Crippen LogP contribution in [0, 0.1) is 0 Å². The minimum atomic E-state index is -0.353. The van der Waals surface area contributed by atoms with Gasteiger partial charge in [-0.25, -0.2) is 9.78 Å². The molecule has 0 aliphatic carbocycles. The SMILES string of the molecule is CCOC(=O)c1ccc(-c2cc(-c3cc(OC)cc(OC)c3)c3cccc(N4c5ccccc5N(c5ccccc5)c5ccccc54)c3n2)cc1. The molecule has 0 unspecified atom stereocenters. The molecule has 0 radical (unpaired) electrons. The van der Waals surface area contributed by atoms with Crippen molar-refractivity contribution in [2.24, 2.45) is 0 Å². The Kier molecular flexibility index (Phi) is 8.30. The predicted molar refractivity (Wildman–Crippen MR) is 205 cm³/mol. The summed E-state index contributed by atoms with van der Waals surface area (Å²) in [6, 6.07) is 49.1. The molecule has 0 bridgehead atoms. The van der Waals surface area contributed by atoms with Crippen molar-refractivity contribution < 1.29 is 19.0 Å². The van der Waals surface area contributed by atoms with E-state index in [0.717, 1.165) is 67.4 Å². The average molecular weight is 670 g/mol. The van der Waals surface area contributed by atoms with Crippen LogP contribution < -0.4 is 19.3 Å². The highest BCUT2D eigenvalue weighted by Gasteiger charge is 2.31. The maximum absolute atomic E-state index is 12.5. The van der Waals surface area contributed by atoms with Crippen LogP contribution in [-0.4, -0.2) is 31.8 Å². The van der Waals surface area contributed by atoms with Crippen molar-refractivity contribution in [1.29, 1.82) is 0 Å². The second-order valence-corrected chi connectivity index (χ2v) is 12.1. The van der Waals surface area contributed by atoms with Gasteiger partial charge in [0.15, 0.2) is 0 Å². The van der Waals surface area contributed by atoms with E-state index >= 15 is 0 Å². The van der Waals surface area contributed by atoms with Crippen LogP contribution in [0.15, 0.2) is 146 Å². The van der Waals surface area contributed by atoms with Crippen LogP contribution in [0.4, 0.5) is 34.1 Å². The number of hydrogen-bond acceptors (Lipinski definition) is 7. The van der Waals surface area contributed by atoms with E-state index in [1.807, 2.05) is 36.4 Å². The van der Waals surface area contributed by atoms with Crippen LogP contribution in [0.1, 0.15) is 17.3 Å². The zero-order valence-corrected chi connectivity index (χ0v) is 28.5. The van der Waals surface area contributed by atoms with Crippen molar-refractivity contribution >= 4 is 51.0 Å². The number of rotatable bonds is 8. The van der Waals surface area contributed by atoms with E-state index in [-0.39, 0.29) is 5.97 Å². The predicted octanol–water partition coefficient (Wildman–Crippen LogP) is 11.0. The lowest BCUT2D eigenvalue weighted by molar-refractivity contribution is 0.0526. The number of para-hydroxylation sites is 6. The van der Waals surface area contributed by atoms with Crippen LogP contribution in [0.25, 0.3) is 33.3 Å². The van der Waals surface area contributed by atoms with Gasteiger partial charge in [-0.2, -0.15) is 0 Å². The number of anilines is 6. The molecule has 0 saturated heterocycles. The summed E-state index contributed by atoms with van der Waals surface area (Å²) in [5.41, 5.74) is 11.0. The number of fused-ring (bicyclic) bond motifs is 3. The Hall–Kier alpha value is -6.60. The Morgan fingerprint density at radius 3 is 1.75 bits per heavy atom. The minimum absolute atomic E-state index is 0.314. The fourth-order valence-corrected chi connectivity index (χ4v) is 6.81. The molecule has 1 aromatic heterocycles. The monoisotopic (exact) mass is 669 g/mol. The van der Waals surface area contributed by atoms with E-state index in [2.05, 4.69) is 107 Å². The zero-order chi connectivity index (χ0) is 34.9. The third-order valence-corrected chi connectivity index (χ3v) is 9.15.